The first-order chi connectivity index (χ1) is 10.8. The van der Waals surface area contributed by atoms with E-state index in [0.717, 1.165) is 3.57 Å². The van der Waals surface area contributed by atoms with Gasteiger partial charge in [-0.25, -0.2) is 4.21 Å². The van der Waals surface area contributed by atoms with Gasteiger partial charge in [0.05, 0.1) is 17.8 Å². The first kappa shape index (κ1) is 18.1. The average Bonchev–Trinajstić information content (AvgIpc) is 2.48. The van der Waals surface area contributed by atoms with Crippen molar-refractivity contribution in [3.05, 3.63) is 43.2 Å². The molecule has 2 rings (SSSR count). The third kappa shape index (κ3) is 4.18. The summed E-state index contributed by atoms with van der Waals surface area (Å²) in [5.41, 5.74) is 0.781. The number of anilines is 3. The Kier molecular flexibility index (Phi) is 5.93. The van der Waals surface area contributed by atoms with Crippen LogP contribution in [0.5, 0.6) is 5.75 Å². The van der Waals surface area contributed by atoms with E-state index < -0.39 is 11.0 Å². The molecule has 1 atom stereocenters. The number of pyridine rings is 1. The van der Waals surface area contributed by atoms with Gasteiger partial charge in [-0.05, 0) is 40.8 Å². The van der Waals surface area contributed by atoms with Crippen molar-refractivity contribution in [3.8, 4) is 5.75 Å². The largest absolute Gasteiger partial charge is 0.494 e. The lowest BCUT2D eigenvalue weighted by Gasteiger charge is -2.19. The minimum absolute atomic E-state index is 0.265. The zero-order valence-corrected chi connectivity index (χ0v) is 16.4. The smallest absolute Gasteiger partial charge is 0.255 e. The summed E-state index contributed by atoms with van der Waals surface area (Å²) in [6, 6.07) is 6.82. The minimum atomic E-state index is -1.34. The molecule has 1 aromatic heterocycles. The van der Waals surface area contributed by atoms with Gasteiger partial charge < -0.3 is 10.1 Å². The van der Waals surface area contributed by atoms with Crippen LogP contribution >= 0.6 is 34.2 Å². The maximum atomic E-state index is 12.1. The number of nitrogens with one attached hydrogen (secondary N) is 2. The predicted molar refractivity (Wildman–Crippen MR) is 103 cm³/mol. The molecular formula is C14H15ClIN3O3S. The van der Waals surface area contributed by atoms with Gasteiger partial charge in [0, 0.05) is 22.9 Å². The van der Waals surface area contributed by atoms with Crippen molar-refractivity contribution in [2.24, 2.45) is 7.05 Å². The molecule has 0 radical (unpaired) electrons. The molecule has 0 bridgehead atoms. The molecule has 2 N–H and O–H groups in total. The molecule has 124 valence electrons. The van der Waals surface area contributed by atoms with Crippen LogP contribution in [0.2, 0.25) is 5.02 Å². The van der Waals surface area contributed by atoms with E-state index in [2.05, 4.69) is 32.6 Å². The number of hydrogen-bond acceptors (Lipinski definition) is 4. The van der Waals surface area contributed by atoms with Gasteiger partial charge in [-0.3, -0.25) is 14.1 Å². The number of rotatable bonds is 5. The number of hydrogen-bond donors (Lipinski definition) is 2. The van der Waals surface area contributed by atoms with E-state index in [1.165, 1.54) is 24.0 Å². The van der Waals surface area contributed by atoms with Gasteiger partial charge in [-0.2, -0.15) is 0 Å². The molecule has 1 unspecified atom stereocenters. The minimum Gasteiger partial charge on any atom is -0.494 e. The summed E-state index contributed by atoms with van der Waals surface area (Å²) < 4.78 is 22.0. The van der Waals surface area contributed by atoms with Crippen molar-refractivity contribution in [1.82, 2.24) is 4.57 Å². The Labute approximate surface area is 154 Å². The average molecular weight is 468 g/mol. The fourth-order valence-corrected chi connectivity index (χ4v) is 3.33. The molecule has 0 saturated carbocycles. The zero-order valence-electron chi connectivity index (χ0n) is 12.6. The number of nitrogens with zero attached hydrogens (tertiary/aromatic N) is 1. The first-order valence-electron chi connectivity index (χ1n) is 6.43. The van der Waals surface area contributed by atoms with E-state index >= 15 is 0 Å². The molecule has 0 aliphatic carbocycles. The highest BCUT2D eigenvalue weighted by Crippen LogP contribution is 2.35. The lowest BCUT2D eigenvalue weighted by atomic mass is 10.3. The van der Waals surface area contributed by atoms with Crippen molar-refractivity contribution in [2.45, 2.75) is 0 Å². The maximum absolute atomic E-state index is 12.1. The Morgan fingerprint density at radius 1 is 1.35 bits per heavy atom. The van der Waals surface area contributed by atoms with E-state index in [1.807, 2.05) is 6.07 Å². The van der Waals surface area contributed by atoms with E-state index in [1.54, 1.807) is 19.2 Å². The van der Waals surface area contributed by atoms with Crippen LogP contribution in [0.1, 0.15) is 0 Å². The van der Waals surface area contributed by atoms with Crippen molar-refractivity contribution >= 4 is 62.4 Å². The summed E-state index contributed by atoms with van der Waals surface area (Å²) in [5.74, 6) is 0.708. The Hall–Kier alpha value is -1.26. The molecular weight excluding hydrogens is 453 g/mol. The zero-order chi connectivity index (χ0) is 17.1. The lowest BCUT2D eigenvalue weighted by molar-refractivity contribution is 0.415. The van der Waals surface area contributed by atoms with Gasteiger partial charge in [0.2, 0.25) is 0 Å². The van der Waals surface area contributed by atoms with Crippen molar-refractivity contribution in [1.29, 1.82) is 0 Å². The third-order valence-corrected chi connectivity index (χ3v) is 4.53. The van der Waals surface area contributed by atoms with Gasteiger partial charge >= 0.3 is 0 Å². The summed E-state index contributed by atoms with van der Waals surface area (Å²) in [5, 5.41) is 3.62. The number of halogens is 2. The molecule has 9 heteroatoms. The summed E-state index contributed by atoms with van der Waals surface area (Å²) >= 11 is 8.40. The van der Waals surface area contributed by atoms with Crippen LogP contribution in [0.15, 0.2) is 29.1 Å². The SMILES string of the molecule is COc1cc(=O)n(C)c(Nc2ccc(I)cc2Cl)c1NS(C)=O. The van der Waals surface area contributed by atoms with Crippen LogP contribution in [0.4, 0.5) is 17.2 Å². The fraction of sp³-hybridized carbons (Fsp3) is 0.214. The van der Waals surface area contributed by atoms with Crippen molar-refractivity contribution in [3.63, 3.8) is 0 Å². The van der Waals surface area contributed by atoms with Crippen LogP contribution < -0.4 is 20.3 Å². The summed E-state index contributed by atoms with van der Waals surface area (Å²) in [7, 11) is 1.71. The van der Waals surface area contributed by atoms with Crippen LogP contribution in [-0.4, -0.2) is 22.1 Å². The third-order valence-electron chi connectivity index (χ3n) is 3.05. The highest BCUT2D eigenvalue weighted by atomic mass is 127. The monoisotopic (exact) mass is 467 g/mol. The lowest BCUT2D eigenvalue weighted by Crippen LogP contribution is -2.21. The molecule has 0 aliphatic rings. The van der Waals surface area contributed by atoms with E-state index in [-0.39, 0.29) is 5.56 Å². The molecule has 1 aromatic carbocycles. The second kappa shape index (κ2) is 7.54. The molecule has 6 nitrogen and oxygen atoms in total. The van der Waals surface area contributed by atoms with Crippen LogP contribution in [0, 0.1) is 3.57 Å². The summed E-state index contributed by atoms with van der Waals surface area (Å²) in [6.07, 6.45) is 1.49. The highest BCUT2D eigenvalue weighted by molar-refractivity contribution is 14.1. The van der Waals surface area contributed by atoms with Gasteiger partial charge in [0.15, 0.2) is 5.75 Å². The quantitative estimate of drug-likeness (QED) is 0.663. The van der Waals surface area contributed by atoms with E-state index in [9.17, 15) is 9.00 Å². The fourth-order valence-electron chi connectivity index (χ4n) is 1.94. The molecule has 1 heterocycles. The van der Waals surface area contributed by atoms with Crippen molar-refractivity contribution in [2.75, 3.05) is 23.4 Å². The maximum Gasteiger partial charge on any atom is 0.255 e. The van der Waals surface area contributed by atoms with Crippen molar-refractivity contribution < 1.29 is 8.95 Å². The highest BCUT2D eigenvalue weighted by Gasteiger charge is 2.17. The first-order valence-corrected chi connectivity index (χ1v) is 9.45. The van der Waals surface area contributed by atoms with Gasteiger partial charge in [0.25, 0.3) is 5.56 Å². The van der Waals surface area contributed by atoms with Crippen LogP contribution in [0.3, 0.4) is 0 Å². The topological polar surface area (TPSA) is 72.4 Å². The van der Waals surface area contributed by atoms with Gasteiger partial charge in [-0.1, -0.05) is 11.6 Å². The van der Waals surface area contributed by atoms with E-state index in [0.29, 0.717) is 28.0 Å². The Bertz CT molecular complexity index is 826. The molecule has 23 heavy (non-hydrogen) atoms. The number of benzene rings is 1. The summed E-state index contributed by atoms with van der Waals surface area (Å²) in [6.45, 7) is 0. The Morgan fingerprint density at radius 3 is 2.61 bits per heavy atom. The van der Waals surface area contributed by atoms with Gasteiger partial charge in [-0.15, -0.1) is 0 Å². The van der Waals surface area contributed by atoms with E-state index in [4.69, 9.17) is 16.3 Å². The van der Waals surface area contributed by atoms with Crippen LogP contribution in [0.25, 0.3) is 0 Å². The Morgan fingerprint density at radius 2 is 2.04 bits per heavy atom. The van der Waals surface area contributed by atoms with Gasteiger partial charge in [0.1, 0.15) is 22.5 Å². The molecule has 0 saturated heterocycles. The molecule has 0 spiro atoms. The molecule has 2 aromatic rings. The second-order valence-electron chi connectivity index (χ2n) is 4.64. The summed E-state index contributed by atoms with van der Waals surface area (Å²) in [4.78, 5) is 12.1. The van der Waals surface area contributed by atoms with Crippen LogP contribution in [-0.2, 0) is 18.0 Å². The number of methoxy groups -OCH3 is 1. The molecule has 0 fully saturated rings. The number of aromatic nitrogens is 1. The molecule has 0 amide bonds. The molecule has 0 aliphatic heterocycles. The normalized spacial score (nSPS) is 11.9. The predicted octanol–water partition coefficient (Wildman–Crippen LogP) is 3.10. The standard InChI is InChI=1S/C14H15ClIN3O3S/c1-19-12(20)7-11(22-2)13(18-23(3)21)14(19)17-10-5-4-8(16)6-9(10)15/h4-7,17-18H,1-3H3. The Balaban J connectivity index is 2.61. The second-order valence-corrected chi connectivity index (χ2v) is 7.40. The number of ether oxygens (including phenoxy) is 1.